The van der Waals surface area contributed by atoms with Crippen LogP contribution in [0.3, 0.4) is 0 Å². The van der Waals surface area contributed by atoms with E-state index in [1.165, 1.54) is 53.9 Å². The Balaban J connectivity index is 1.03. The molecule has 0 aromatic heterocycles. The van der Waals surface area contributed by atoms with E-state index in [0.29, 0.717) is 0 Å². The smallest absolute Gasteiger partial charge is 0.287 e. The lowest BCUT2D eigenvalue weighted by molar-refractivity contribution is -0.123. The van der Waals surface area contributed by atoms with E-state index in [1.807, 2.05) is 0 Å². The van der Waals surface area contributed by atoms with Crippen molar-refractivity contribution in [3.63, 3.8) is 0 Å². The van der Waals surface area contributed by atoms with E-state index in [2.05, 4.69) is 130 Å². The summed E-state index contributed by atoms with van der Waals surface area (Å²) >= 11 is 0. The zero-order valence-electron chi connectivity index (χ0n) is 21.5. The van der Waals surface area contributed by atoms with Crippen molar-refractivity contribution in [3.8, 4) is 0 Å². The van der Waals surface area contributed by atoms with Crippen LogP contribution in [0.2, 0.25) is 0 Å². The van der Waals surface area contributed by atoms with Crippen LogP contribution in [0.15, 0.2) is 119 Å². The van der Waals surface area contributed by atoms with Crippen LogP contribution < -0.4 is 16.3 Å². The first kappa shape index (κ1) is 22.4. The summed E-state index contributed by atoms with van der Waals surface area (Å²) in [6.45, 7) is 0. The molecule has 8 aromatic carbocycles. The number of hydrazone groups is 2. The van der Waals surface area contributed by atoms with Gasteiger partial charge in [-0.15, -0.1) is 10.2 Å². The lowest BCUT2D eigenvalue weighted by atomic mass is 9.92. The molecule has 0 saturated carbocycles. The molecule has 0 aliphatic heterocycles. The summed E-state index contributed by atoms with van der Waals surface area (Å²) in [7, 11) is 0. The molecule has 0 unspecified atom stereocenters. The number of guanidine groups is 1. The minimum atomic E-state index is 0.239. The largest absolute Gasteiger partial charge is 0.388 e. The van der Waals surface area contributed by atoms with E-state index in [1.54, 1.807) is 12.4 Å². The summed E-state index contributed by atoms with van der Waals surface area (Å²) < 4.78 is 0. The first-order valence-electron chi connectivity index (χ1n) is 13.3. The standard InChI is InChI=1S/C35H23N5/c36-35(39-37-19-27-13-11-25-9-7-21-3-1-5-23-15-17-29(27)33(25)31(21)23)40-38-20-28-14-12-26-10-8-22-4-2-6-24-16-18-30(28)34(26)32(22)24/h1-20H,(H3,36,39,40)/p+1/b37-19-,38-20-. The Bertz CT molecular complexity index is 2100. The number of benzene rings is 8. The molecule has 188 valence electrons. The second-order valence-electron chi connectivity index (χ2n) is 10.2. The number of rotatable bonds is 4. The first-order chi connectivity index (χ1) is 19.7. The predicted molar refractivity (Wildman–Crippen MR) is 169 cm³/mol. The van der Waals surface area contributed by atoms with Crippen LogP contribution in [-0.2, 0) is 0 Å². The maximum atomic E-state index is 6.13. The van der Waals surface area contributed by atoms with Crippen molar-refractivity contribution >= 4 is 83.0 Å². The van der Waals surface area contributed by atoms with Gasteiger partial charge in [0, 0.05) is 11.1 Å². The molecule has 8 rings (SSSR count). The minimum absolute atomic E-state index is 0.239. The monoisotopic (exact) mass is 514 g/mol. The Labute approximate surface area is 229 Å². The molecular formula is C35H24N5+. The lowest BCUT2D eigenvalue weighted by Gasteiger charge is -2.12. The van der Waals surface area contributed by atoms with Gasteiger partial charge in [0.25, 0.3) is 0 Å². The number of nitrogens with one attached hydrogen (secondary N) is 2. The highest BCUT2D eigenvalue weighted by Gasteiger charge is 2.11. The molecule has 8 aromatic rings. The van der Waals surface area contributed by atoms with Crippen molar-refractivity contribution < 1.29 is 5.41 Å². The predicted octanol–water partition coefficient (Wildman–Crippen LogP) is 6.14. The van der Waals surface area contributed by atoms with Crippen LogP contribution in [0.25, 0.3) is 64.6 Å². The van der Waals surface area contributed by atoms with Crippen LogP contribution in [0.4, 0.5) is 0 Å². The van der Waals surface area contributed by atoms with Gasteiger partial charge in [-0.1, -0.05) is 109 Å². The van der Waals surface area contributed by atoms with Crippen LogP contribution in [0.1, 0.15) is 11.1 Å². The van der Waals surface area contributed by atoms with Crippen molar-refractivity contribution in [2.45, 2.75) is 0 Å². The van der Waals surface area contributed by atoms with Gasteiger partial charge in [0.05, 0.1) is 12.4 Å². The van der Waals surface area contributed by atoms with E-state index in [4.69, 9.17) is 5.41 Å². The lowest BCUT2D eigenvalue weighted by Crippen LogP contribution is -2.54. The molecule has 0 fully saturated rings. The number of nitrogens with zero attached hydrogens (tertiary/aromatic N) is 2. The summed E-state index contributed by atoms with van der Waals surface area (Å²) in [5, 5.41) is 29.7. The molecule has 0 spiro atoms. The Kier molecular flexibility index (Phi) is 4.91. The Hall–Kier alpha value is -5.55. The molecule has 0 saturated heterocycles. The van der Waals surface area contributed by atoms with Gasteiger partial charge >= 0.3 is 5.96 Å². The van der Waals surface area contributed by atoms with Crippen molar-refractivity contribution in [1.82, 2.24) is 10.9 Å². The van der Waals surface area contributed by atoms with Crippen molar-refractivity contribution in [2.75, 3.05) is 0 Å². The van der Waals surface area contributed by atoms with Crippen LogP contribution >= 0.6 is 0 Å². The molecule has 5 heteroatoms. The summed E-state index contributed by atoms with van der Waals surface area (Å²) in [5.41, 5.74) is 7.76. The second kappa shape index (κ2) is 8.75. The summed E-state index contributed by atoms with van der Waals surface area (Å²) in [5.74, 6) is 0.239. The highest BCUT2D eigenvalue weighted by molar-refractivity contribution is 6.26. The summed E-state index contributed by atoms with van der Waals surface area (Å²) in [6, 6.07) is 38.7. The molecule has 0 aliphatic rings. The highest BCUT2D eigenvalue weighted by Crippen LogP contribution is 2.36. The number of hydrogen-bond donors (Lipinski definition) is 3. The van der Waals surface area contributed by atoms with Crippen molar-refractivity contribution in [1.29, 1.82) is 0 Å². The molecule has 5 nitrogen and oxygen atoms in total. The van der Waals surface area contributed by atoms with E-state index in [9.17, 15) is 0 Å². The molecular weight excluding hydrogens is 490 g/mol. The summed E-state index contributed by atoms with van der Waals surface area (Å²) in [6.07, 6.45) is 3.59. The van der Waals surface area contributed by atoms with Gasteiger partial charge in [0.1, 0.15) is 0 Å². The molecule has 0 radical (unpaired) electrons. The Morgan fingerprint density at radius 2 is 0.800 bits per heavy atom. The van der Waals surface area contributed by atoms with E-state index in [0.717, 1.165) is 21.9 Å². The van der Waals surface area contributed by atoms with Gasteiger partial charge in [-0.2, -0.15) is 10.9 Å². The maximum absolute atomic E-state index is 6.13. The summed E-state index contributed by atoms with van der Waals surface area (Å²) in [4.78, 5) is 0. The molecule has 0 bridgehead atoms. The zero-order valence-corrected chi connectivity index (χ0v) is 21.5. The zero-order chi connectivity index (χ0) is 26.6. The van der Waals surface area contributed by atoms with Gasteiger partial charge in [-0.05, 0) is 64.6 Å². The van der Waals surface area contributed by atoms with Crippen LogP contribution in [0.5, 0.6) is 0 Å². The quantitative estimate of drug-likeness (QED) is 0.114. The fourth-order valence-electron chi connectivity index (χ4n) is 6.11. The van der Waals surface area contributed by atoms with E-state index >= 15 is 0 Å². The SMILES string of the molecule is [NH2+]=C(N/N=C\c1ccc2ccc3cccc4ccc1c2c34)N/N=C\c1ccc2ccc3cccc4ccc1c2c34. The van der Waals surface area contributed by atoms with E-state index < -0.39 is 0 Å². The van der Waals surface area contributed by atoms with Crippen LogP contribution in [-0.4, -0.2) is 18.4 Å². The third-order valence-electron chi connectivity index (χ3n) is 7.90. The topological polar surface area (TPSA) is 74.4 Å². The van der Waals surface area contributed by atoms with Gasteiger partial charge in [0.2, 0.25) is 0 Å². The fraction of sp³-hybridized carbons (Fsp3) is 0. The first-order valence-corrected chi connectivity index (χ1v) is 13.3. The van der Waals surface area contributed by atoms with Crippen molar-refractivity contribution in [3.05, 3.63) is 120 Å². The van der Waals surface area contributed by atoms with Crippen LogP contribution in [0, 0.1) is 0 Å². The number of hydrogen-bond acceptors (Lipinski definition) is 2. The molecule has 0 amide bonds. The average Bonchev–Trinajstić information content (AvgIpc) is 3.00. The minimum Gasteiger partial charge on any atom is -0.287 e. The van der Waals surface area contributed by atoms with Crippen molar-refractivity contribution in [2.24, 2.45) is 10.2 Å². The third-order valence-corrected chi connectivity index (χ3v) is 7.90. The second-order valence-corrected chi connectivity index (χ2v) is 10.2. The van der Waals surface area contributed by atoms with Gasteiger partial charge in [-0.3, -0.25) is 5.41 Å². The third kappa shape index (κ3) is 3.45. The highest BCUT2D eigenvalue weighted by atomic mass is 15.4. The molecule has 0 atom stereocenters. The average molecular weight is 515 g/mol. The molecule has 4 N–H and O–H groups in total. The number of nitrogens with two attached hydrogens (primary N) is 1. The molecule has 0 aliphatic carbocycles. The maximum Gasteiger partial charge on any atom is 0.388 e. The Morgan fingerprint density at radius 3 is 1.23 bits per heavy atom. The van der Waals surface area contributed by atoms with E-state index in [-0.39, 0.29) is 5.96 Å². The molecule has 40 heavy (non-hydrogen) atoms. The van der Waals surface area contributed by atoms with Gasteiger partial charge in [-0.25, -0.2) is 0 Å². The molecule has 0 heterocycles. The fourth-order valence-corrected chi connectivity index (χ4v) is 6.11. The Morgan fingerprint density at radius 1 is 0.450 bits per heavy atom. The van der Waals surface area contributed by atoms with Gasteiger partial charge < -0.3 is 0 Å². The normalized spacial score (nSPS) is 12.4. The van der Waals surface area contributed by atoms with Gasteiger partial charge in [0.15, 0.2) is 0 Å².